The third kappa shape index (κ3) is 5.39. The molecule has 1 atom stereocenters. The van der Waals surface area contributed by atoms with Gasteiger partial charge in [-0.3, -0.25) is 0 Å². The Morgan fingerprint density at radius 3 is 2.76 bits per heavy atom. The summed E-state index contributed by atoms with van der Waals surface area (Å²) in [5.41, 5.74) is 2.88. The molecule has 0 aromatic carbocycles. The zero-order chi connectivity index (χ0) is 15.5. The van der Waals surface area contributed by atoms with Crippen LogP contribution in [0.5, 0.6) is 0 Å². The zero-order valence-corrected chi connectivity index (χ0v) is 14.4. The van der Waals surface area contributed by atoms with E-state index >= 15 is 0 Å². The van der Waals surface area contributed by atoms with Gasteiger partial charge in [0.15, 0.2) is 0 Å². The van der Waals surface area contributed by atoms with Crippen molar-refractivity contribution in [1.82, 2.24) is 15.3 Å². The standard InChI is InChI=1S/C18H31N3/c1-13(2)6-9-17-19-12-15-10-14(7-8-16(15)21-17)11-20-18(3,4)5/h12-14,20H,6-11H2,1-5H3. The average Bonchev–Trinajstić information content (AvgIpc) is 2.41. The highest BCUT2D eigenvalue weighted by molar-refractivity contribution is 5.21. The van der Waals surface area contributed by atoms with E-state index in [1.54, 1.807) is 0 Å². The first-order valence-corrected chi connectivity index (χ1v) is 8.42. The van der Waals surface area contributed by atoms with Crippen LogP contribution < -0.4 is 5.32 Å². The van der Waals surface area contributed by atoms with Crippen molar-refractivity contribution < 1.29 is 0 Å². The number of hydrogen-bond acceptors (Lipinski definition) is 3. The summed E-state index contributed by atoms with van der Waals surface area (Å²) >= 11 is 0. The molecule has 1 aliphatic carbocycles. The Bertz CT molecular complexity index is 460. The highest BCUT2D eigenvalue weighted by Gasteiger charge is 2.22. The van der Waals surface area contributed by atoms with Crippen LogP contribution >= 0.6 is 0 Å². The molecule has 1 heterocycles. The molecule has 21 heavy (non-hydrogen) atoms. The van der Waals surface area contributed by atoms with Gasteiger partial charge in [-0.2, -0.15) is 0 Å². The Morgan fingerprint density at radius 2 is 2.10 bits per heavy atom. The average molecular weight is 289 g/mol. The molecule has 0 fully saturated rings. The van der Waals surface area contributed by atoms with Crippen LogP contribution in [0.1, 0.15) is 64.5 Å². The maximum Gasteiger partial charge on any atom is 0.128 e. The van der Waals surface area contributed by atoms with Gasteiger partial charge in [0.1, 0.15) is 5.82 Å². The minimum atomic E-state index is 0.206. The van der Waals surface area contributed by atoms with Gasteiger partial charge in [0.25, 0.3) is 0 Å². The van der Waals surface area contributed by atoms with Crippen molar-refractivity contribution >= 4 is 0 Å². The molecule has 3 nitrogen and oxygen atoms in total. The van der Waals surface area contributed by atoms with E-state index in [0.717, 1.165) is 43.5 Å². The number of fused-ring (bicyclic) bond motifs is 1. The minimum absolute atomic E-state index is 0.206. The van der Waals surface area contributed by atoms with Crippen LogP contribution in [0, 0.1) is 11.8 Å². The van der Waals surface area contributed by atoms with Gasteiger partial charge in [-0.25, -0.2) is 9.97 Å². The fourth-order valence-electron chi connectivity index (χ4n) is 2.79. The van der Waals surface area contributed by atoms with Crippen LogP contribution in [0.15, 0.2) is 6.20 Å². The molecule has 1 N–H and O–H groups in total. The second-order valence-electron chi connectivity index (χ2n) is 7.93. The Morgan fingerprint density at radius 1 is 1.33 bits per heavy atom. The summed E-state index contributed by atoms with van der Waals surface area (Å²) in [4.78, 5) is 9.37. The first-order chi connectivity index (χ1) is 9.83. The maximum absolute atomic E-state index is 4.80. The lowest BCUT2D eigenvalue weighted by Gasteiger charge is -2.28. The van der Waals surface area contributed by atoms with Gasteiger partial charge in [0.2, 0.25) is 0 Å². The third-order valence-corrected chi connectivity index (χ3v) is 4.17. The van der Waals surface area contributed by atoms with Crippen LogP contribution in [-0.2, 0) is 19.3 Å². The highest BCUT2D eigenvalue weighted by atomic mass is 14.9. The van der Waals surface area contributed by atoms with Gasteiger partial charge in [0, 0.05) is 23.9 Å². The fraction of sp³-hybridized carbons (Fsp3) is 0.778. The molecule has 0 aliphatic heterocycles. The van der Waals surface area contributed by atoms with Crippen LogP contribution in [-0.4, -0.2) is 22.1 Å². The summed E-state index contributed by atoms with van der Waals surface area (Å²) < 4.78 is 0. The van der Waals surface area contributed by atoms with Gasteiger partial charge in [-0.05, 0) is 70.4 Å². The summed E-state index contributed by atoms with van der Waals surface area (Å²) in [6.07, 6.45) is 7.76. The molecule has 0 saturated carbocycles. The van der Waals surface area contributed by atoms with Crippen molar-refractivity contribution in [2.24, 2.45) is 11.8 Å². The molecular weight excluding hydrogens is 258 g/mol. The van der Waals surface area contributed by atoms with Crippen molar-refractivity contribution in [3.05, 3.63) is 23.3 Å². The van der Waals surface area contributed by atoms with Gasteiger partial charge in [-0.1, -0.05) is 13.8 Å². The normalized spacial score (nSPS) is 18.9. The lowest BCUT2D eigenvalue weighted by molar-refractivity contribution is 0.346. The minimum Gasteiger partial charge on any atom is -0.312 e. The Hall–Kier alpha value is -0.960. The number of hydrogen-bond donors (Lipinski definition) is 1. The van der Waals surface area contributed by atoms with Crippen molar-refractivity contribution in [2.75, 3.05) is 6.54 Å². The monoisotopic (exact) mass is 289 g/mol. The molecule has 1 aromatic rings. The Balaban J connectivity index is 1.93. The molecular formula is C18H31N3. The molecule has 2 rings (SSSR count). The van der Waals surface area contributed by atoms with E-state index in [-0.39, 0.29) is 5.54 Å². The van der Waals surface area contributed by atoms with E-state index in [1.807, 2.05) is 0 Å². The van der Waals surface area contributed by atoms with Gasteiger partial charge in [-0.15, -0.1) is 0 Å². The topological polar surface area (TPSA) is 37.8 Å². The zero-order valence-electron chi connectivity index (χ0n) is 14.4. The maximum atomic E-state index is 4.80. The van der Waals surface area contributed by atoms with E-state index in [1.165, 1.54) is 24.1 Å². The van der Waals surface area contributed by atoms with Crippen molar-refractivity contribution in [3.63, 3.8) is 0 Å². The van der Waals surface area contributed by atoms with E-state index in [0.29, 0.717) is 0 Å². The number of rotatable bonds is 5. The van der Waals surface area contributed by atoms with Crippen LogP contribution in [0.3, 0.4) is 0 Å². The number of nitrogens with zero attached hydrogens (tertiary/aromatic N) is 2. The van der Waals surface area contributed by atoms with Gasteiger partial charge in [0.05, 0.1) is 0 Å². The van der Waals surface area contributed by atoms with Gasteiger partial charge >= 0.3 is 0 Å². The molecule has 3 heteroatoms. The number of aromatic nitrogens is 2. The summed E-state index contributed by atoms with van der Waals surface area (Å²) in [5, 5.41) is 3.63. The number of nitrogens with one attached hydrogen (secondary N) is 1. The molecule has 118 valence electrons. The summed E-state index contributed by atoms with van der Waals surface area (Å²) in [6.45, 7) is 12.3. The van der Waals surface area contributed by atoms with Crippen molar-refractivity contribution in [3.8, 4) is 0 Å². The smallest absolute Gasteiger partial charge is 0.128 e. The van der Waals surface area contributed by atoms with Gasteiger partial charge < -0.3 is 5.32 Å². The van der Waals surface area contributed by atoms with Crippen LogP contribution in [0.25, 0.3) is 0 Å². The molecule has 1 unspecified atom stereocenters. The molecule has 0 spiro atoms. The Labute approximate surface area is 130 Å². The molecule has 0 radical (unpaired) electrons. The summed E-state index contributed by atoms with van der Waals surface area (Å²) in [6, 6.07) is 0. The molecule has 0 amide bonds. The van der Waals surface area contributed by atoms with Crippen LogP contribution in [0.4, 0.5) is 0 Å². The van der Waals surface area contributed by atoms with E-state index in [4.69, 9.17) is 4.98 Å². The predicted octanol–water partition coefficient (Wildman–Crippen LogP) is 3.56. The summed E-state index contributed by atoms with van der Waals surface area (Å²) in [5.74, 6) is 2.48. The quantitative estimate of drug-likeness (QED) is 0.900. The summed E-state index contributed by atoms with van der Waals surface area (Å²) in [7, 11) is 0. The van der Waals surface area contributed by atoms with E-state index in [9.17, 15) is 0 Å². The first-order valence-electron chi connectivity index (χ1n) is 8.42. The molecule has 0 bridgehead atoms. The first kappa shape index (κ1) is 16.4. The fourth-order valence-corrected chi connectivity index (χ4v) is 2.79. The van der Waals surface area contributed by atoms with Crippen molar-refractivity contribution in [1.29, 1.82) is 0 Å². The van der Waals surface area contributed by atoms with E-state index in [2.05, 4.69) is 51.1 Å². The molecule has 1 aliphatic rings. The number of aryl methyl sites for hydroxylation is 2. The van der Waals surface area contributed by atoms with Crippen LogP contribution in [0.2, 0.25) is 0 Å². The lowest BCUT2D eigenvalue weighted by atomic mass is 9.86. The second kappa shape index (κ2) is 6.87. The van der Waals surface area contributed by atoms with E-state index < -0.39 is 0 Å². The Kier molecular flexibility index (Phi) is 5.37. The largest absolute Gasteiger partial charge is 0.312 e. The second-order valence-corrected chi connectivity index (χ2v) is 7.93. The molecule has 0 saturated heterocycles. The predicted molar refractivity (Wildman–Crippen MR) is 88.5 cm³/mol. The van der Waals surface area contributed by atoms with Crippen molar-refractivity contribution in [2.45, 2.75) is 72.3 Å². The SMILES string of the molecule is CC(C)CCc1ncc2c(n1)CCC(CNC(C)(C)C)C2. The lowest BCUT2D eigenvalue weighted by Crippen LogP contribution is -2.40. The molecule has 1 aromatic heterocycles. The highest BCUT2D eigenvalue weighted by Crippen LogP contribution is 2.24. The third-order valence-electron chi connectivity index (χ3n) is 4.17.